The Bertz CT molecular complexity index is 2990. The smallest absolute Gasteiger partial charge is 0.0992 e. The molecule has 0 bridgehead atoms. The molecule has 0 aliphatic carbocycles. The lowest BCUT2D eigenvalue weighted by Gasteiger charge is -2.16. The lowest BCUT2D eigenvalue weighted by molar-refractivity contribution is 1.47. The molecule has 2 heteroatoms. The summed E-state index contributed by atoms with van der Waals surface area (Å²) >= 11 is 0. The Balaban J connectivity index is 1.22. The second-order valence-electron chi connectivity index (χ2n) is 13.5. The zero-order valence-electron chi connectivity index (χ0n) is 28.1. The fourth-order valence-corrected chi connectivity index (χ4v) is 8.23. The average Bonchev–Trinajstić information content (AvgIpc) is 3.22. The van der Waals surface area contributed by atoms with Crippen LogP contribution in [0.15, 0.2) is 170 Å². The van der Waals surface area contributed by atoms with E-state index in [2.05, 4.69) is 158 Å². The van der Waals surface area contributed by atoms with Gasteiger partial charge in [0.05, 0.1) is 23.3 Å². The van der Waals surface area contributed by atoms with Gasteiger partial charge < -0.3 is 0 Å². The van der Waals surface area contributed by atoms with Crippen molar-refractivity contribution in [2.75, 3.05) is 0 Å². The summed E-state index contributed by atoms with van der Waals surface area (Å²) in [7, 11) is 0. The van der Waals surface area contributed by atoms with E-state index >= 15 is 0 Å². The van der Waals surface area contributed by atoms with Crippen LogP contribution in [0.4, 0.5) is 0 Å². The molecule has 10 aromatic carbocycles. The van der Waals surface area contributed by atoms with E-state index < -0.39 is 0 Å². The maximum absolute atomic E-state index is 10.3. The monoisotopic (exact) mass is 656 g/mol. The number of nitriles is 2. The van der Waals surface area contributed by atoms with Gasteiger partial charge in [0.1, 0.15) is 0 Å². The minimum absolute atomic E-state index is 0.570. The molecule has 0 aliphatic heterocycles. The van der Waals surface area contributed by atoms with Crippen molar-refractivity contribution < 1.29 is 0 Å². The SMILES string of the molecule is N#Cc1cc(-c2cc(C#N)cc(-c3cc4c5ccccc5ccc4c4ccccc34)c2)cc(-c2cc3c4ccccc4ccc3c3ccccc23)c1. The quantitative estimate of drug-likeness (QED) is 0.178. The largest absolute Gasteiger partial charge is 0.192 e. The van der Waals surface area contributed by atoms with Crippen LogP contribution in [0.25, 0.3) is 98.0 Å². The van der Waals surface area contributed by atoms with Crippen LogP contribution in [0, 0.1) is 22.7 Å². The molecule has 0 aliphatic rings. The molecule has 10 aromatic rings. The molecule has 0 amide bonds. The third-order valence-corrected chi connectivity index (χ3v) is 10.6. The second-order valence-corrected chi connectivity index (χ2v) is 13.5. The van der Waals surface area contributed by atoms with Gasteiger partial charge in [-0.05, 0) is 147 Å². The van der Waals surface area contributed by atoms with Gasteiger partial charge in [0.25, 0.3) is 0 Å². The number of nitrogens with zero attached hydrogens (tertiary/aromatic N) is 2. The molecule has 0 aromatic heterocycles. The van der Waals surface area contributed by atoms with E-state index in [1.54, 1.807) is 0 Å². The van der Waals surface area contributed by atoms with Crippen molar-refractivity contribution in [1.29, 1.82) is 10.5 Å². The van der Waals surface area contributed by atoms with Crippen LogP contribution in [0.3, 0.4) is 0 Å². The molecule has 0 saturated heterocycles. The predicted molar refractivity (Wildman–Crippen MR) is 217 cm³/mol. The molecule has 0 heterocycles. The summed E-state index contributed by atoms with van der Waals surface area (Å²) in [6.45, 7) is 0. The third-order valence-electron chi connectivity index (χ3n) is 10.6. The number of rotatable bonds is 3. The zero-order chi connectivity index (χ0) is 34.8. The molecule has 0 unspecified atom stereocenters. The van der Waals surface area contributed by atoms with Crippen LogP contribution in [-0.4, -0.2) is 0 Å². The van der Waals surface area contributed by atoms with Crippen molar-refractivity contribution in [2.24, 2.45) is 0 Å². The number of fused-ring (bicyclic) bond motifs is 10. The Morgan fingerprint density at radius 3 is 1.04 bits per heavy atom. The average molecular weight is 657 g/mol. The van der Waals surface area contributed by atoms with Crippen LogP contribution >= 0.6 is 0 Å². The molecule has 0 saturated carbocycles. The van der Waals surface area contributed by atoms with Crippen molar-refractivity contribution in [1.82, 2.24) is 0 Å². The van der Waals surface area contributed by atoms with Crippen molar-refractivity contribution >= 4 is 64.6 Å². The van der Waals surface area contributed by atoms with Gasteiger partial charge in [-0.1, -0.05) is 121 Å². The molecule has 0 N–H and O–H groups in total. The van der Waals surface area contributed by atoms with E-state index in [0.717, 1.165) is 44.2 Å². The van der Waals surface area contributed by atoms with E-state index in [-0.39, 0.29) is 0 Å². The van der Waals surface area contributed by atoms with Gasteiger partial charge in [0.2, 0.25) is 0 Å². The van der Waals surface area contributed by atoms with Gasteiger partial charge in [0, 0.05) is 0 Å². The van der Waals surface area contributed by atoms with Gasteiger partial charge in [-0.2, -0.15) is 10.5 Å². The summed E-state index contributed by atoms with van der Waals surface area (Å²) in [6, 6.07) is 64.5. The topological polar surface area (TPSA) is 47.6 Å². The van der Waals surface area contributed by atoms with Crippen molar-refractivity contribution in [3.63, 3.8) is 0 Å². The number of benzene rings is 10. The van der Waals surface area contributed by atoms with E-state index in [1.807, 2.05) is 24.3 Å². The minimum Gasteiger partial charge on any atom is -0.192 e. The summed E-state index contributed by atoms with van der Waals surface area (Å²) in [6.07, 6.45) is 0. The lowest BCUT2D eigenvalue weighted by atomic mass is 9.87. The van der Waals surface area contributed by atoms with Crippen molar-refractivity contribution in [3.8, 4) is 45.5 Å². The summed E-state index contributed by atoms with van der Waals surface area (Å²) in [5.41, 5.74) is 7.00. The van der Waals surface area contributed by atoms with Crippen molar-refractivity contribution in [2.45, 2.75) is 0 Å². The second kappa shape index (κ2) is 11.7. The Morgan fingerprint density at radius 1 is 0.269 bits per heavy atom. The molecule has 0 atom stereocenters. The lowest BCUT2D eigenvalue weighted by Crippen LogP contribution is -1.91. The molecule has 0 radical (unpaired) electrons. The fourth-order valence-electron chi connectivity index (χ4n) is 8.23. The first-order valence-corrected chi connectivity index (χ1v) is 17.4. The van der Waals surface area contributed by atoms with Crippen LogP contribution < -0.4 is 0 Å². The predicted octanol–water partition coefficient (Wildman–Crippen LogP) is 13.4. The van der Waals surface area contributed by atoms with Crippen molar-refractivity contribution in [3.05, 3.63) is 181 Å². The van der Waals surface area contributed by atoms with E-state index in [0.29, 0.717) is 11.1 Å². The molecule has 52 heavy (non-hydrogen) atoms. The Hall–Kier alpha value is -7.26. The molecule has 0 fully saturated rings. The maximum Gasteiger partial charge on any atom is 0.0992 e. The number of hydrogen-bond acceptors (Lipinski definition) is 2. The molecule has 10 rings (SSSR count). The standard InChI is InChI=1S/C50H28N2/c51-29-31-21-35(25-37(23-31)47-27-49-39-11-3-1-9-33(39)17-19-45(49)41-13-5-7-15-43(41)47)36-22-32(30-52)24-38(26-36)48-28-50-40-12-4-2-10-34(40)18-20-46(50)42-14-6-8-16-44(42)48/h1-28H. The van der Waals surface area contributed by atoms with E-state index in [9.17, 15) is 10.5 Å². The number of hydrogen-bond donors (Lipinski definition) is 0. The third kappa shape index (κ3) is 4.64. The molecular weight excluding hydrogens is 629 g/mol. The van der Waals surface area contributed by atoms with Gasteiger partial charge in [-0.25, -0.2) is 0 Å². The van der Waals surface area contributed by atoms with Crippen LogP contribution in [0.2, 0.25) is 0 Å². The first kappa shape index (κ1) is 29.6. The van der Waals surface area contributed by atoms with Crippen LogP contribution in [0.5, 0.6) is 0 Å². The van der Waals surface area contributed by atoms with Gasteiger partial charge in [0.15, 0.2) is 0 Å². The van der Waals surface area contributed by atoms with E-state index in [4.69, 9.17) is 0 Å². The normalized spacial score (nSPS) is 11.4. The molecule has 2 nitrogen and oxygen atoms in total. The summed E-state index contributed by atoms with van der Waals surface area (Å²) in [5.74, 6) is 0. The molecule has 0 spiro atoms. The van der Waals surface area contributed by atoms with Gasteiger partial charge in [-0.3, -0.25) is 0 Å². The molecule has 238 valence electrons. The highest BCUT2D eigenvalue weighted by Gasteiger charge is 2.16. The highest BCUT2D eigenvalue weighted by molar-refractivity contribution is 6.22. The summed E-state index contributed by atoms with van der Waals surface area (Å²) in [4.78, 5) is 0. The fraction of sp³-hybridized carbons (Fsp3) is 0. The first-order chi connectivity index (χ1) is 25.7. The van der Waals surface area contributed by atoms with Crippen LogP contribution in [-0.2, 0) is 0 Å². The molecular formula is C50H28N2. The summed E-state index contributed by atoms with van der Waals surface area (Å²) in [5, 5.41) is 34.9. The Morgan fingerprint density at radius 2 is 0.615 bits per heavy atom. The first-order valence-electron chi connectivity index (χ1n) is 17.4. The maximum atomic E-state index is 10.3. The van der Waals surface area contributed by atoms with Gasteiger partial charge >= 0.3 is 0 Å². The van der Waals surface area contributed by atoms with Crippen LogP contribution in [0.1, 0.15) is 11.1 Å². The Labute approximate surface area is 300 Å². The minimum atomic E-state index is 0.570. The highest BCUT2D eigenvalue weighted by atomic mass is 14.3. The zero-order valence-corrected chi connectivity index (χ0v) is 28.1. The Kier molecular flexibility index (Phi) is 6.65. The summed E-state index contributed by atoms with van der Waals surface area (Å²) < 4.78 is 0. The van der Waals surface area contributed by atoms with E-state index in [1.165, 1.54) is 53.9 Å². The van der Waals surface area contributed by atoms with Gasteiger partial charge in [-0.15, -0.1) is 0 Å². The highest BCUT2D eigenvalue weighted by Crippen LogP contribution is 2.42.